The van der Waals surface area contributed by atoms with Crippen LogP contribution in [0.15, 0.2) is 146 Å². The highest BCUT2D eigenvalue weighted by molar-refractivity contribution is 6.09. The molecule has 0 amide bonds. The number of pyridine rings is 3. The van der Waals surface area contributed by atoms with Crippen molar-refractivity contribution in [1.82, 2.24) is 25.6 Å². The van der Waals surface area contributed by atoms with Crippen molar-refractivity contribution in [1.29, 1.82) is 0 Å². The molecule has 6 aromatic carbocycles. The Hall–Kier alpha value is -6.24. The van der Waals surface area contributed by atoms with Crippen molar-refractivity contribution in [2.45, 2.75) is 48.2 Å². The summed E-state index contributed by atoms with van der Waals surface area (Å²) in [7, 11) is 1.00. The van der Waals surface area contributed by atoms with Crippen molar-refractivity contribution >= 4 is 71.7 Å². The molecule has 10 nitrogen and oxygen atoms in total. The lowest BCUT2D eigenvalue weighted by atomic mass is 10.0. The number of para-hydroxylation sites is 6. The summed E-state index contributed by atoms with van der Waals surface area (Å²) in [6, 6.07) is 49.0. The van der Waals surface area contributed by atoms with Crippen molar-refractivity contribution in [3.8, 4) is 0 Å². The molecule has 0 unspecified atom stereocenters. The van der Waals surface area contributed by atoms with Gasteiger partial charge < -0.3 is 31.9 Å². The van der Waals surface area contributed by atoms with Crippen LogP contribution in [0.4, 0.5) is 0 Å². The molecule has 336 valence electrons. The van der Waals surface area contributed by atoms with Crippen molar-refractivity contribution in [2.75, 3.05) is 46.5 Å². The second-order valence-electron chi connectivity index (χ2n) is 14.2. The number of aromatic nitrogens is 3. The Balaban J connectivity index is 0.000000301. The number of aliphatic hydroxyl groups excluding tert-OH is 1. The van der Waals surface area contributed by atoms with E-state index >= 15 is 0 Å². The summed E-state index contributed by atoms with van der Waals surface area (Å²) in [6.07, 6.45) is 3.46. The first kappa shape index (κ1) is 52.1. The number of hydrogen-bond donors (Lipinski definition) is 5. The zero-order chi connectivity index (χ0) is 42.7. The van der Waals surface area contributed by atoms with Gasteiger partial charge in [0.2, 0.25) is 0 Å². The van der Waals surface area contributed by atoms with Gasteiger partial charge in [0, 0.05) is 97.5 Å². The highest BCUT2D eigenvalue weighted by Crippen LogP contribution is 2.28. The van der Waals surface area contributed by atoms with E-state index in [1.807, 2.05) is 48.5 Å². The fourth-order valence-electron chi connectivity index (χ4n) is 7.35. The number of nitrogens with one attached hydrogen (secondary N) is 2. The molecule has 9 aromatic rings. The first-order chi connectivity index (χ1) is 30.2. The second kappa shape index (κ2) is 27.7. The fourth-order valence-corrected chi connectivity index (χ4v) is 7.35. The van der Waals surface area contributed by atoms with Gasteiger partial charge in [-0.15, -0.1) is 0 Å². The van der Waals surface area contributed by atoms with Crippen LogP contribution in [0.25, 0.3) is 65.4 Å². The average molecular weight is 862 g/mol. The molecule has 0 saturated carbocycles. The monoisotopic (exact) mass is 862 g/mol. The maximum absolute atomic E-state index is 11.2. The number of benzene rings is 6. The highest BCUT2D eigenvalue weighted by atomic mass is 16.5. The zero-order valence-corrected chi connectivity index (χ0v) is 34.8. The summed E-state index contributed by atoms with van der Waals surface area (Å²) in [5, 5.41) is 21.0. The lowest BCUT2D eigenvalue weighted by molar-refractivity contribution is 0.112. The van der Waals surface area contributed by atoms with Gasteiger partial charge in [-0.2, -0.15) is 0 Å². The van der Waals surface area contributed by atoms with E-state index in [1.165, 1.54) is 45.5 Å². The third kappa shape index (κ3) is 13.2. The quantitative estimate of drug-likeness (QED) is 0.0537. The van der Waals surface area contributed by atoms with Crippen molar-refractivity contribution in [2.24, 2.45) is 11.5 Å². The molecule has 0 radical (unpaired) electrons. The summed E-state index contributed by atoms with van der Waals surface area (Å²) in [5.74, 6) is 0. The van der Waals surface area contributed by atoms with Crippen LogP contribution in [-0.2, 0) is 17.8 Å². The topological polar surface area (TPSA) is 161 Å². The van der Waals surface area contributed by atoms with Crippen molar-refractivity contribution in [3.63, 3.8) is 0 Å². The summed E-state index contributed by atoms with van der Waals surface area (Å²) in [6.45, 7) is 6.58. The molecule has 0 bridgehead atoms. The largest absolute Gasteiger partial charge is 0.400 e. The first-order valence-electron chi connectivity index (χ1n) is 20.8. The molecule has 10 heteroatoms. The summed E-state index contributed by atoms with van der Waals surface area (Å²) >= 11 is 0. The lowest BCUT2D eigenvalue weighted by Gasteiger charge is -2.13. The van der Waals surface area contributed by atoms with Gasteiger partial charge in [-0.3, -0.25) is 4.79 Å². The predicted octanol–water partition coefficient (Wildman–Crippen LogP) is 10.4. The number of carbonyl (C=O) groups is 1. The first-order valence-corrected chi connectivity index (χ1v) is 20.8. The average Bonchev–Trinajstić information content (AvgIpc) is 3.93. The Morgan fingerprint density at radius 2 is 0.750 bits per heavy atom. The molecule has 3 aromatic heterocycles. The van der Waals surface area contributed by atoms with E-state index in [0.29, 0.717) is 13.1 Å². The van der Waals surface area contributed by atoms with Gasteiger partial charge in [-0.05, 0) is 60.4 Å². The molecule has 1 saturated heterocycles. The second-order valence-corrected chi connectivity index (χ2v) is 14.2. The molecule has 10 rings (SSSR count). The van der Waals surface area contributed by atoms with E-state index in [9.17, 15) is 4.79 Å². The number of fused-ring (bicyclic) bond motifs is 6. The van der Waals surface area contributed by atoms with E-state index in [4.69, 9.17) is 31.3 Å². The van der Waals surface area contributed by atoms with E-state index in [1.54, 1.807) is 0 Å². The number of rotatable bonds is 9. The smallest absolute Gasteiger partial charge is 0.151 e. The minimum Gasteiger partial charge on any atom is -0.400 e. The van der Waals surface area contributed by atoms with E-state index in [0.717, 1.165) is 102 Å². The van der Waals surface area contributed by atoms with Crippen LogP contribution in [-0.4, -0.2) is 72.8 Å². The SMILES string of the molecule is C.C.C.C1CCOC1.CO.NCCN.O=Cc1c2ccccc2nc2ccccc12.c1ccc2c(CNCCNCc3c4ccccc4nc4ccccc34)c3ccccc3nc2c1. The van der Waals surface area contributed by atoms with Crippen LogP contribution < -0.4 is 22.1 Å². The number of ether oxygens (including phenoxy) is 1. The fraction of sp³-hybridized carbons (Fsp3) is 0.259. The zero-order valence-electron chi connectivity index (χ0n) is 34.8. The van der Waals surface area contributed by atoms with Gasteiger partial charge in [0.15, 0.2) is 6.29 Å². The molecule has 1 aliphatic rings. The predicted molar refractivity (Wildman–Crippen MR) is 273 cm³/mol. The molecule has 64 heavy (non-hydrogen) atoms. The van der Waals surface area contributed by atoms with Crippen LogP contribution in [0.1, 0.15) is 56.6 Å². The Labute approximate surface area is 379 Å². The number of hydrogen-bond acceptors (Lipinski definition) is 10. The highest BCUT2D eigenvalue weighted by Gasteiger charge is 2.11. The number of aliphatic hydroxyl groups is 1. The molecule has 0 atom stereocenters. The third-order valence-electron chi connectivity index (χ3n) is 10.2. The standard InChI is InChI=1S/C30H26N4.C14H9NO.C4H8O.C2H8N2.CH4O.3CH4/c1-5-13-27-21(9-1)25(22-10-2-6-14-28(22)33-27)19-31-17-18-32-20-26-23-11-3-7-15-29(23)34-30-16-8-4-12-24(26)30;16-9-12-10-5-1-3-7-13(10)15-14-8-4-2-6-11(12)14;1-2-4-5-3-1;3-1-2-4;1-2;;;/h1-16,31-32H,17-20H2;1-9H;1-4H2;1-4H2;2H,1H3;3*1H4. The maximum atomic E-state index is 11.2. The molecular formula is C54H67N7O3. The van der Waals surface area contributed by atoms with Gasteiger partial charge in [0.1, 0.15) is 0 Å². The summed E-state index contributed by atoms with van der Waals surface area (Å²) in [5.41, 5.74) is 19.1. The minimum absolute atomic E-state index is 0. The van der Waals surface area contributed by atoms with Gasteiger partial charge in [0.25, 0.3) is 0 Å². The van der Waals surface area contributed by atoms with E-state index in [-0.39, 0.29) is 22.3 Å². The molecule has 1 aliphatic heterocycles. The van der Waals surface area contributed by atoms with Crippen LogP contribution >= 0.6 is 0 Å². The van der Waals surface area contributed by atoms with Crippen molar-refractivity contribution < 1.29 is 14.6 Å². The molecule has 0 spiro atoms. The Morgan fingerprint density at radius 3 is 1.00 bits per heavy atom. The van der Waals surface area contributed by atoms with Crippen LogP contribution in [0, 0.1) is 0 Å². The normalized spacial score (nSPS) is 11.3. The lowest BCUT2D eigenvalue weighted by Crippen LogP contribution is -2.27. The van der Waals surface area contributed by atoms with Gasteiger partial charge >= 0.3 is 0 Å². The van der Waals surface area contributed by atoms with Crippen LogP contribution in [0.3, 0.4) is 0 Å². The molecule has 0 aliphatic carbocycles. The molecular weight excluding hydrogens is 795 g/mol. The third-order valence-corrected chi connectivity index (χ3v) is 10.2. The Bertz CT molecular complexity index is 2500. The van der Waals surface area contributed by atoms with E-state index in [2.05, 4.69) is 113 Å². The Morgan fingerprint density at radius 1 is 0.484 bits per heavy atom. The number of carbonyl (C=O) groups excluding carboxylic acids is 1. The van der Waals surface area contributed by atoms with Crippen LogP contribution in [0.2, 0.25) is 0 Å². The Kier molecular flexibility index (Phi) is 22.6. The minimum atomic E-state index is 0. The summed E-state index contributed by atoms with van der Waals surface area (Å²) < 4.78 is 4.94. The molecule has 1 fully saturated rings. The van der Waals surface area contributed by atoms with Gasteiger partial charge in [0.05, 0.1) is 33.1 Å². The number of aldehydes is 1. The summed E-state index contributed by atoms with van der Waals surface area (Å²) in [4.78, 5) is 25.4. The van der Waals surface area contributed by atoms with Gasteiger partial charge in [-0.1, -0.05) is 131 Å². The number of nitrogens with zero attached hydrogens (tertiary/aromatic N) is 3. The van der Waals surface area contributed by atoms with E-state index < -0.39 is 0 Å². The number of nitrogens with two attached hydrogens (primary N) is 2. The van der Waals surface area contributed by atoms with Crippen LogP contribution in [0.5, 0.6) is 0 Å². The molecule has 4 heterocycles. The molecule has 7 N–H and O–H groups in total. The van der Waals surface area contributed by atoms with Gasteiger partial charge in [-0.25, -0.2) is 15.0 Å². The van der Waals surface area contributed by atoms with Crippen molar-refractivity contribution in [3.05, 3.63) is 162 Å². The maximum Gasteiger partial charge on any atom is 0.151 e.